The van der Waals surface area contributed by atoms with Gasteiger partial charge in [0, 0.05) is 6.61 Å². The van der Waals surface area contributed by atoms with E-state index in [1.54, 1.807) is 0 Å². The molecule has 0 radical (unpaired) electrons. The zero-order chi connectivity index (χ0) is 14.3. The number of aromatic nitrogens is 1. The standard InChI is InChI=1S/C12H16F3N3O/c1-7-11(2,3-4-19-7)18-10-6-8(12(13,14)15)5-9(16)17-10/h5-7H,3-4H2,1-2H3,(H3,16,17,18). The summed E-state index contributed by atoms with van der Waals surface area (Å²) >= 11 is 0. The van der Waals surface area contributed by atoms with Crippen molar-refractivity contribution in [2.45, 2.75) is 38.1 Å². The van der Waals surface area contributed by atoms with E-state index in [9.17, 15) is 13.2 Å². The summed E-state index contributed by atoms with van der Waals surface area (Å²) < 4.78 is 43.5. The average Bonchev–Trinajstić information content (AvgIpc) is 2.56. The fourth-order valence-electron chi connectivity index (χ4n) is 2.07. The number of pyridine rings is 1. The van der Waals surface area contributed by atoms with Crippen LogP contribution in [0.4, 0.5) is 24.8 Å². The van der Waals surface area contributed by atoms with E-state index in [1.165, 1.54) is 0 Å². The quantitative estimate of drug-likeness (QED) is 0.871. The molecule has 0 aromatic carbocycles. The van der Waals surface area contributed by atoms with E-state index in [-0.39, 0.29) is 17.7 Å². The SMILES string of the molecule is CC1OCCC1(C)Nc1cc(C(F)(F)F)cc(N)n1. The van der Waals surface area contributed by atoms with Crippen molar-refractivity contribution >= 4 is 11.6 Å². The molecular weight excluding hydrogens is 259 g/mol. The van der Waals surface area contributed by atoms with E-state index >= 15 is 0 Å². The number of nitrogens with one attached hydrogen (secondary N) is 1. The molecule has 2 atom stereocenters. The van der Waals surface area contributed by atoms with Gasteiger partial charge >= 0.3 is 6.18 Å². The van der Waals surface area contributed by atoms with Crippen LogP contribution in [-0.4, -0.2) is 23.2 Å². The zero-order valence-electron chi connectivity index (χ0n) is 10.7. The Kier molecular flexibility index (Phi) is 3.34. The van der Waals surface area contributed by atoms with Crippen LogP contribution in [0.5, 0.6) is 0 Å². The number of hydrogen-bond donors (Lipinski definition) is 2. The van der Waals surface area contributed by atoms with Crippen LogP contribution in [-0.2, 0) is 10.9 Å². The Morgan fingerprint density at radius 3 is 2.68 bits per heavy atom. The summed E-state index contributed by atoms with van der Waals surface area (Å²) in [5.41, 5.74) is 4.18. The van der Waals surface area contributed by atoms with Gasteiger partial charge in [-0.2, -0.15) is 13.2 Å². The van der Waals surface area contributed by atoms with Crippen LogP contribution in [0, 0.1) is 0 Å². The van der Waals surface area contributed by atoms with Crippen molar-refractivity contribution in [3.8, 4) is 0 Å². The lowest BCUT2D eigenvalue weighted by molar-refractivity contribution is -0.137. The molecule has 7 heteroatoms. The molecule has 1 aromatic heterocycles. The number of nitrogens with zero attached hydrogens (tertiary/aromatic N) is 1. The molecule has 1 aromatic rings. The van der Waals surface area contributed by atoms with E-state index in [2.05, 4.69) is 10.3 Å². The number of ether oxygens (including phenoxy) is 1. The number of nitrogens with two attached hydrogens (primary N) is 1. The topological polar surface area (TPSA) is 60.2 Å². The smallest absolute Gasteiger partial charge is 0.384 e. The first kappa shape index (κ1) is 13.9. The van der Waals surface area contributed by atoms with E-state index in [1.807, 2.05) is 13.8 Å². The highest BCUT2D eigenvalue weighted by Gasteiger charge is 2.38. The van der Waals surface area contributed by atoms with Gasteiger partial charge in [0.25, 0.3) is 0 Å². The fraction of sp³-hybridized carbons (Fsp3) is 0.583. The van der Waals surface area contributed by atoms with Gasteiger partial charge in [0.1, 0.15) is 11.6 Å². The number of rotatable bonds is 2. The first-order valence-electron chi connectivity index (χ1n) is 5.95. The molecule has 0 spiro atoms. The van der Waals surface area contributed by atoms with Gasteiger partial charge in [-0.25, -0.2) is 4.98 Å². The predicted molar refractivity (Wildman–Crippen MR) is 65.7 cm³/mol. The number of hydrogen-bond acceptors (Lipinski definition) is 4. The number of anilines is 2. The molecule has 2 heterocycles. The molecule has 1 aliphatic heterocycles. The molecule has 0 bridgehead atoms. The lowest BCUT2D eigenvalue weighted by Gasteiger charge is -2.29. The van der Waals surface area contributed by atoms with Crippen LogP contribution in [0.25, 0.3) is 0 Å². The molecule has 2 unspecified atom stereocenters. The second-order valence-electron chi connectivity index (χ2n) is 4.97. The Bertz CT molecular complexity index is 478. The first-order valence-corrected chi connectivity index (χ1v) is 5.95. The molecule has 1 saturated heterocycles. The normalized spacial score (nSPS) is 27.5. The second kappa shape index (κ2) is 4.56. The van der Waals surface area contributed by atoms with E-state index < -0.39 is 17.3 Å². The third-order valence-electron chi connectivity index (χ3n) is 3.47. The lowest BCUT2D eigenvalue weighted by Crippen LogP contribution is -2.41. The highest BCUT2D eigenvalue weighted by molar-refractivity contribution is 5.49. The Morgan fingerprint density at radius 2 is 2.16 bits per heavy atom. The van der Waals surface area contributed by atoms with Gasteiger partial charge in [-0.3, -0.25) is 0 Å². The van der Waals surface area contributed by atoms with E-state index in [4.69, 9.17) is 10.5 Å². The van der Waals surface area contributed by atoms with Gasteiger partial charge in [0.2, 0.25) is 0 Å². The molecular formula is C12H16F3N3O. The Hall–Kier alpha value is -1.50. The second-order valence-corrected chi connectivity index (χ2v) is 4.97. The maximum absolute atomic E-state index is 12.7. The summed E-state index contributed by atoms with van der Waals surface area (Å²) in [6, 6.07) is 1.79. The monoisotopic (exact) mass is 275 g/mol. The summed E-state index contributed by atoms with van der Waals surface area (Å²) in [5, 5.41) is 3.00. The van der Waals surface area contributed by atoms with Crippen LogP contribution < -0.4 is 11.1 Å². The van der Waals surface area contributed by atoms with Gasteiger partial charge < -0.3 is 15.8 Å². The molecule has 19 heavy (non-hydrogen) atoms. The Balaban J connectivity index is 2.28. The van der Waals surface area contributed by atoms with Crippen molar-refractivity contribution in [1.29, 1.82) is 0 Å². The third kappa shape index (κ3) is 2.91. The number of nitrogen functional groups attached to an aromatic ring is 1. The minimum absolute atomic E-state index is 0.106. The lowest BCUT2D eigenvalue weighted by atomic mass is 9.94. The summed E-state index contributed by atoms with van der Waals surface area (Å²) in [7, 11) is 0. The van der Waals surface area contributed by atoms with Gasteiger partial charge in [0.15, 0.2) is 0 Å². The summed E-state index contributed by atoms with van der Waals surface area (Å²) in [6.45, 7) is 4.33. The molecule has 3 N–H and O–H groups in total. The van der Waals surface area contributed by atoms with Crippen LogP contribution in [0.1, 0.15) is 25.8 Å². The third-order valence-corrected chi connectivity index (χ3v) is 3.47. The molecule has 0 aliphatic carbocycles. The molecule has 1 fully saturated rings. The van der Waals surface area contributed by atoms with Crippen molar-refractivity contribution in [3.05, 3.63) is 17.7 Å². The molecule has 4 nitrogen and oxygen atoms in total. The molecule has 2 rings (SSSR count). The van der Waals surface area contributed by atoms with Crippen molar-refractivity contribution < 1.29 is 17.9 Å². The van der Waals surface area contributed by atoms with Crippen LogP contribution in [0.2, 0.25) is 0 Å². The maximum Gasteiger partial charge on any atom is 0.416 e. The Morgan fingerprint density at radius 1 is 1.47 bits per heavy atom. The number of halogens is 3. The highest BCUT2D eigenvalue weighted by Crippen LogP contribution is 2.34. The molecule has 0 amide bonds. The van der Waals surface area contributed by atoms with Crippen molar-refractivity contribution in [1.82, 2.24) is 4.98 Å². The van der Waals surface area contributed by atoms with Crippen molar-refractivity contribution in [3.63, 3.8) is 0 Å². The van der Waals surface area contributed by atoms with E-state index in [0.29, 0.717) is 13.0 Å². The fourth-order valence-corrected chi connectivity index (χ4v) is 2.07. The van der Waals surface area contributed by atoms with Crippen LogP contribution >= 0.6 is 0 Å². The van der Waals surface area contributed by atoms with Gasteiger partial charge in [-0.05, 0) is 32.4 Å². The minimum atomic E-state index is -4.44. The zero-order valence-corrected chi connectivity index (χ0v) is 10.7. The number of alkyl halides is 3. The van der Waals surface area contributed by atoms with Crippen molar-refractivity contribution in [2.24, 2.45) is 0 Å². The molecule has 1 aliphatic rings. The van der Waals surface area contributed by atoms with Crippen molar-refractivity contribution in [2.75, 3.05) is 17.7 Å². The summed E-state index contributed by atoms with van der Waals surface area (Å²) in [5.74, 6) is -0.0420. The van der Waals surface area contributed by atoms with Gasteiger partial charge in [-0.15, -0.1) is 0 Å². The molecule has 0 saturated carbocycles. The van der Waals surface area contributed by atoms with Crippen LogP contribution in [0.3, 0.4) is 0 Å². The summed E-state index contributed by atoms with van der Waals surface area (Å²) in [6.07, 6.45) is -3.84. The van der Waals surface area contributed by atoms with E-state index in [0.717, 1.165) is 12.1 Å². The average molecular weight is 275 g/mol. The van der Waals surface area contributed by atoms with Crippen LogP contribution in [0.15, 0.2) is 12.1 Å². The Labute approximate surface area is 109 Å². The highest BCUT2D eigenvalue weighted by atomic mass is 19.4. The first-order chi connectivity index (χ1) is 8.71. The molecule has 106 valence electrons. The van der Waals surface area contributed by atoms with Gasteiger partial charge in [-0.1, -0.05) is 0 Å². The maximum atomic E-state index is 12.7. The van der Waals surface area contributed by atoms with Gasteiger partial charge in [0.05, 0.1) is 17.2 Å². The summed E-state index contributed by atoms with van der Waals surface area (Å²) in [4.78, 5) is 3.90. The largest absolute Gasteiger partial charge is 0.416 e. The minimum Gasteiger partial charge on any atom is -0.384 e. The predicted octanol–water partition coefficient (Wildman–Crippen LogP) is 2.66.